The van der Waals surface area contributed by atoms with E-state index in [1.54, 1.807) is 39.8 Å². The van der Waals surface area contributed by atoms with Gasteiger partial charge in [0, 0.05) is 36.7 Å². The molecule has 0 aliphatic heterocycles. The Kier molecular flexibility index (Phi) is 8.23. The van der Waals surface area contributed by atoms with Gasteiger partial charge in [0.25, 0.3) is 0 Å². The van der Waals surface area contributed by atoms with E-state index in [4.69, 9.17) is 9.84 Å². The number of aliphatic carboxylic acids is 1. The Morgan fingerprint density at radius 2 is 1.90 bits per heavy atom. The van der Waals surface area contributed by atoms with Gasteiger partial charge in [-0.15, -0.1) is 0 Å². The largest absolute Gasteiger partial charge is 0.481 e. The van der Waals surface area contributed by atoms with E-state index < -0.39 is 23.6 Å². The Morgan fingerprint density at radius 3 is 2.33 bits per heavy atom. The summed E-state index contributed by atoms with van der Waals surface area (Å²) in [6.07, 6.45) is 0.783. The summed E-state index contributed by atoms with van der Waals surface area (Å²) in [5.74, 6) is -1.50. The Morgan fingerprint density at radius 1 is 1.27 bits per heavy atom. The van der Waals surface area contributed by atoms with Crippen molar-refractivity contribution in [2.24, 2.45) is 0 Å². The minimum absolute atomic E-state index is 0. The van der Waals surface area contributed by atoms with Gasteiger partial charge in [-0.3, -0.25) is 15.1 Å². The molecule has 0 aliphatic carbocycles. The Labute approximate surface area is 187 Å². The second kappa shape index (κ2) is 9.79. The van der Waals surface area contributed by atoms with Crippen LogP contribution >= 0.6 is 0 Å². The predicted octanol–water partition coefficient (Wildman–Crippen LogP) is 3.55. The van der Waals surface area contributed by atoms with Crippen molar-refractivity contribution in [3.8, 4) is 17.3 Å². The summed E-state index contributed by atoms with van der Waals surface area (Å²) in [6, 6.07) is 5.19. The fraction of sp³-hybridized carbons (Fsp3) is 0.450. The van der Waals surface area contributed by atoms with Crippen LogP contribution < -0.4 is 5.32 Å². The monoisotopic (exact) mass is 406 g/mol. The van der Waals surface area contributed by atoms with Crippen molar-refractivity contribution in [2.75, 3.05) is 5.32 Å². The number of nitriles is 1. The number of carboxylic acids is 1. The third-order valence-corrected chi connectivity index (χ3v) is 4.00. The van der Waals surface area contributed by atoms with Crippen molar-refractivity contribution in [1.82, 2.24) is 14.8 Å². The molecule has 1 radical (unpaired) electrons. The van der Waals surface area contributed by atoms with E-state index in [2.05, 4.69) is 21.5 Å². The number of hydrogen-bond donors (Lipinski definition) is 2. The number of aromatic nitrogens is 3. The summed E-state index contributed by atoms with van der Waals surface area (Å²) in [5, 5.41) is 25.9. The van der Waals surface area contributed by atoms with Crippen molar-refractivity contribution in [3.63, 3.8) is 0 Å². The zero-order valence-corrected chi connectivity index (χ0v) is 18.3. The predicted molar refractivity (Wildman–Crippen MR) is 112 cm³/mol. The van der Waals surface area contributed by atoms with Crippen LogP contribution in [0.3, 0.4) is 0 Å². The molecular weight excluding hydrogens is 381 g/mol. The van der Waals surface area contributed by atoms with Crippen LogP contribution in [-0.2, 0) is 9.53 Å². The molecule has 0 aliphatic rings. The van der Waals surface area contributed by atoms with Crippen molar-refractivity contribution < 1.29 is 19.4 Å². The number of nitrogens with zero attached hydrogens (tertiary/aromatic N) is 4. The number of ether oxygens (including phenoxy) is 1. The molecule has 1 unspecified atom stereocenters. The quantitative estimate of drug-likeness (QED) is 0.726. The van der Waals surface area contributed by atoms with Crippen LogP contribution in [0.4, 0.5) is 10.6 Å². The van der Waals surface area contributed by atoms with Gasteiger partial charge in [-0.1, -0.05) is 0 Å². The summed E-state index contributed by atoms with van der Waals surface area (Å²) < 4.78 is 6.82. The molecule has 0 saturated carbocycles. The molecular formula is C20H25LiN5O4. The second-order valence-corrected chi connectivity index (χ2v) is 7.88. The van der Waals surface area contributed by atoms with Crippen molar-refractivity contribution >= 4 is 36.7 Å². The molecule has 0 saturated heterocycles. The fourth-order valence-electron chi connectivity index (χ4n) is 2.56. The van der Waals surface area contributed by atoms with E-state index >= 15 is 0 Å². The summed E-state index contributed by atoms with van der Waals surface area (Å²) >= 11 is 0. The van der Waals surface area contributed by atoms with Gasteiger partial charge in [0.15, 0.2) is 5.82 Å². The van der Waals surface area contributed by atoms with Crippen LogP contribution in [0.25, 0.3) is 11.3 Å². The number of nitrogens with one attached hydrogen (secondary N) is 1. The van der Waals surface area contributed by atoms with Crippen LogP contribution in [0.1, 0.15) is 64.8 Å². The molecule has 2 heterocycles. The standard InChI is InChI=1S/C20H25N5O4.Li/c1-11(2)25-17(23-19(28)29-20(4,5)6)14(9-21)16(24-25)13-7-8-15(22-10-13)12(3)18(26)27;/h7-8,10-12H,1-6H3,(H,23,28)(H,26,27);. The van der Waals surface area contributed by atoms with E-state index in [1.807, 2.05) is 13.8 Å². The summed E-state index contributed by atoms with van der Waals surface area (Å²) in [4.78, 5) is 27.6. The average molecular weight is 406 g/mol. The fourth-order valence-corrected chi connectivity index (χ4v) is 2.56. The normalized spacial score (nSPS) is 11.9. The van der Waals surface area contributed by atoms with Gasteiger partial charge in [0.1, 0.15) is 22.9 Å². The van der Waals surface area contributed by atoms with Crippen LogP contribution in [0.15, 0.2) is 18.3 Å². The SMILES string of the molecule is CC(C(=O)O)c1ccc(-c2nn(C(C)C)c(NC(=O)OC(C)(C)C)c2C#N)cn1.[Li]. The number of anilines is 1. The number of pyridine rings is 1. The van der Waals surface area contributed by atoms with Gasteiger partial charge in [0.2, 0.25) is 0 Å². The Balaban J connectivity index is 0.00000450. The molecule has 0 aromatic carbocycles. The van der Waals surface area contributed by atoms with Crippen molar-refractivity contribution in [1.29, 1.82) is 5.26 Å². The molecule has 2 rings (SSSR count). The number of carboxylic acid groups (broad SMARTS) is 1. The van der Waals surface area contributed by atoms with Crippen molar-refractivity contribution in [2.45, 2.75) is 59.1 Å². The van der Waals surface area contributed by atoms with E-state index in [1.165, 1.54) is 10.9 Å². The van der Waals surface area contributed by atoms with Gasteiger partial charge < -0.3 is 9.84 Å². The zero-order chi connectivity index (χ0) is 21.9. The third kappa shape index (κ3) is 5.85. The van der Waals surface area contributed by atoms with E-state index in [0.29, 0.717) is 17.0 Å². The number of carbonyl (C=O) groups is 2. The number of hydrogen-bond acceptors (Lipinski definition) is 6. The van der Waals surface area contributed by atoms with Crippen LogP contribution in [-0.4, -0.2) is 56.4 Å². The number of rotatable bonds is 5. The van der Waals surface area contributed by atoms with Crippen LogP contribution in [0.5, 0.6) is 0 Å². The molecule has 2 N–H and O–H groups in total. The van der Waals surface area contributed by atoms with Gasteiger partial charge in [0.05, 0.1) is 11.6 Å². The molecule has 2 aromatic rings. The van der Waals surface area contributed by atoms with E-state index in [0.717, 1.165) is 0 Å². The first-order valence-electron chi connectivity index (χ1n) is 9.16. The maximum atomic E-state index is 12.2. The van der Waals surface area contributed by atoms with Gasteiger partial charge in [-0.05, 0) is 53.7 Å². The maximum Gasteiger partial charge on any atom is 0.413 e. The van der Waals surface area contributed by atoms with E-state index in [9.17, 15) is 14.9 Å². The molecule has 10 heteroatoms. The molecule has 1 atom stereocenters. The average Bonchev–Trinajstić information content (AvgIpc) is 2.97. The summed E-state index contributed by atoms with van der Waals surface area (Å²) in [5.41, 5.74) is 0.757. The summed E-state index contributed by atoms with van der Waals surface area (Å²) in [6.45, 7) is 10.5. The van der Waals surface area contributed by atoms with E-state index in [-0.39, 0.29) is 36.3 Å². The smallest absolute Gasteiger partial charge is 0.413 e. The Bertz CT molecular complexity index is 955. The molecule has 9 nitrogen and oxygen atoms in total. The Hall–Kier alpha value is -2.81. The molecule has 0 bridgehead atoms. The minimum Gasteiger partial charge on any atom is -0.481 e. The van der Waals surface area contributed by atoms with Crippen molar-refractivity contribution in [3.05, 3.63) is 29.6 Å². The molecule has 0 spiro atoms. The molecule has 155 valence electrons. The van der Waals surface area contributed by atoms with Crippen LogP contribution in [0.2, 0.25) is 0 Å². The van der Waals surface area contributed by atoms with Crippen LogP contribution in [0, 0.1) is 11.3 Å². The zero-order valence-electron chi connectivity index (χ0n) is 18.3. The van der Waals surface area contributed by atoms with Gasteiger partial charge >= 0.3 is 12.1 Å². The van der Waals surface area contributed by atoms with Gasteiger partial charge in [-0.25, -0.2) is 9.48 Å². The second-order valence-electron chi connectivity index (χ2n) is 7.88. The number of amides is 1. The third-order valence-electron chi connectivity index (χ3n) is 4.00. The molecule has 2 aromatic heterocycles. The topological polar surface area (TPSA) is 130 Å². The minimum atomic E-state index is -0.976. The summed E-state index contributed by atoms with van der Waals surface area (Å²) in [7, 11) is 0. The first-order valence-corrected chi connectivity index (χ1v) is 9.16. The maximum absolute atomic E-state index is 12.2. The number of carbonyl (C=O) groups excluding carboxylic acids is 1. The molecule has 1 amide bonds. The molecule has 0 fully saturated rings. The van der Waals surface area contributed by atoms with Gasteiger partial charge in [-0.2, -0.15) is 10.4 Å². The first kappa shape index (κ1) is 25.2. The molecule has 30 heavy (non-hydrogen) atoms. The first-order chi connectivity index (χ1) is 13.4.